The maximum Gasteiger partial charge on any atom is 0.127 e. The average molecular weight is 286 g/mol. The third-order valence-electron chi connectivity index (χ3n) is 3.56. The van der Waals surface area contributed by atoms with E-state index >= 15 is 0 Å². The van der Waals surface area contributed by atoms with Gasteiger partial charge in [0.25, 0.3) is 0 Å². The van der Waals surface area contributed by atoms with Gasteiger partial charge in [0, 0.05) is 24.4 Å². The third-order valence-corrected chi connectivity index (χ3v) is 3.56. The van der Waals surface area contributed by atoms with Crippen LogP contribution in [0.3, 0.4) is 0 Å². The van der Waals surface area contributed by atoms with E-state index in [9.17, 15) is 0 Å². The molecule has 1 aromatic heterocycles. The molecule has 0 saturated carbocycles. The molecule has 4 heteroatoms. The Labute approximate surface area is 125 Å². The Morgan fingerprint density at radius 3 is 2.24 bits per heavy atom. The summed E-state index contributed by atoms with van der Waals surface area (Å²) in [6.45, 7) is 2.11. The van der Waals surface area contributed by atoms with E-state index in [-0.39, 0.29) is 6.04 Å². The molecule has 1 atom stereocenters. The van der Waals surface area contributed by atoms with Crippen LogP contribution in [0.1, 0.15) is 29.8 Å². The smallest absolute Gasteiger partial charge is 0.127 e. The minimum atomic E-state index is -0.226. The van der Waals surface area contributed by atoms with Crippen molar-refractivity contribution in [2.45, 2.75) is 25.8 Å². The molecule has 0 aliphatic heterocycles. The fraction of sp³-hybridized carbons (Fsp3) is 0.353. The van der Waals surface area contributed by atoms with Crippen LogP contribution in [0.5, 0.6) is 11.5 Å². The van der Waals surface area contributed by atoms with Gasteiger partial charge in [0.05, 0.1) is 19.8 Å². The maximum atomic E-state index is 6.35. The molecule has 21 heavy (non-hydrogen) atoms. The van der Waals surface area contributed by atoms with Crippen molar-refractivity contribution in [3.8, 4) is 11.5 Å². The molecule has 0 amide bonds. The number of methoxy groups -OCH3 is 2. The molecule has 0 bridgehead atoms. The Morgan fingerprint density at radius 2 is 1.76 bits per heavy atom. The van der Waals surface area contributed by atoms with Gasteiger partial charge in [-0.1, -0.05) is 19.1 Å². The fourth-order valence-corrected chi connectivity index (χ4v) is 2.36. The van der Waals surface area contributed by atoms with Crippen molar-refractivity contribution < 1.29 is 9.47 Å². The molecule has 0 saturated heterocycles. The standard InChI is InChI=1S/C17H22N2O2/c1-4-12-8-9-13(19-11-12)10-14(18)17-15(20-2)6-5-7-16(17)21-3/h5-9,11,14H,4,10,18H2,1-3H3. The van der Waals surface area contributed by atoms with Crippen LogP contribution in [0.15, 0.2) is 36.5 Å². The van der Waals surface area contributed by atoms with Crippen LogP contribution in [0, 0.1) is 0 Å². The Hall–Kier alpha value is -2.07. The second-order valence-corrected chi connectivity index (χ2v) is 4.90. The molecule has 2 N–H and O–H groups in total. The number of ether oxygens (including phenoxy) is 2. The Balaban J connectivity index is 2.24. The molecule has 0 aliphatic carbocycles. The van der Waals surface area contributed by atoms with Gasteiger partial charge in [-0.3, -0.25) is 4.98 Å². The summed E-state index contributed by atoms with van der Waals surface area (Å²) in [6.07, 6.45) is 3.53. The number of rotatable bonds is 6. The first-order valence-electron chi connectivity index (χ1n) is 7.09. The van der Waals surface area contributed by atoms with Crippen molar-refractivity contribution >= 4 is 0 Å². The summed E-state index contributed by atoms with van der Waals surface area (Å²) < 4.78 is 10.8. The normalized spacial score (nSPS) is 12.0. The van der Waals surface area contributed by atoms with Crippen molar-refractivity contribution in [1.82, 2.24) is 4.98 Å². The van der Waals surface area contributed by atoms with Gasteiger partial charge in [-0.2, -0.15) is 0 Å². The van der Waals surface area contributed by atoms with E-state index in [1.54, 1.807) is 14.2 Å². The summed E-state index contributed by atoms with van der Waals surface area (Å²) in [6, 6.07) is 9.57. The lowest BCUT2D eigenvalue weighted by Gasteiger charge is -2.18. The molecule has 1 aromatic carbocycles. The predicted molar refractivity (Wildman–Crippen MR) is 83.8 cm³/mol. The molecule has 0 aliphatic rings. The van der Waals surface area contributed by atoms with E-state index in [4.69, 9.17) is 15.2 Å². The first-order chi connectivity index (χ1) is 10.2. The van der Waals surface area contributed by atoms with E-state index in [0.717, 1.165) is 29.2 Å². The zero-order chi connectivity index (χ0) is 15.2. The highest BCUT2D eigenvalue weighted by atomic mass is 16.5. The Morgan fingerprint density at radius 1 is 1.10 bits per heavy atom. The molecular weight excluding hydrogens is 264 g/mol. The quantitative estimate of drug-likeness (QED) is 0.887. The average Bonchev–Trinajstić information content (AvgIpc) is 2.54. The van der Waals surface area contributed by atoms with Crippen LogP contribution in [0.2, 0.25) is 0 Å². The number of hydrogen-bond donors (Lipinski definition) is 1. The molecule has 2 aromatic rings. The molecular formula is C17H22N2O2. The second-order valence-electron chi connectivity index (χ2n) is 4.90. The van der Waals surface area contributed by atoms with Crippen LogP contribution < -0.4 is 15.2 Å². The summed E-state index contributed by atoms with van der Waals surface area (Å²) in [5.41, 5.74) is 9.42. The maximum absolute atomic E-state index is 6.35. The minimum absolute atomic E-state index is 0.226. The van der Waals surface area contributed by atoms with Gasteiger partial charge in [0.1, 0.15) is 11.5 Å². The largest absolute Gasteiger partial charge is 0.496 e. The van der Waals surface area contributed by atoms with Crippen LogP contribution in [0.25, 0.3) is 0 Å². The monoisotopic (exact) mass is 286 g/mol. The number of nitrogens with zero attached hydrogens (tertiary/aromatic N) is 1. The lowest BCUT2D eigenvalue weighted by atomic mass is 10.00. The summed E-state index contributed by atoms with van der Waals surface area (Å²) in [4.78, 5) is 4.46. The van der Waals surface area contributed by atoms with E-state index in [2.05, 4.69) is 18.0 Å². The highest BCUT2D eigenvalue weighted by molar-refractivity contribution is 5.47. The molecule has 0 fully saturated rings. The molecule has 0 spiro atoms. The molecule has 2 rings (SSSR count). The van der Waals surface area contributed by atoms with Crippen molar-refractivity contribution in [2.75, 3.05) is 14.2 Å². The number of benzene rings is 1. The van der Waals surface area contributed by atoms with Crippen LogP contribution in [-0.4, -0.2) is 19.2 Å². The van der Waals surface area contributed by atoms with Gasteiger partial charge >= 0.3 is 0 Å². The summed E-state index contributed by atoms with van der Waals surface area (Å²) in [5.74, 6) is 1.49. The van der Waals surface area contributed by atoms with E-state index in [1.165, 1.54) is 5.56 Å². The molecule has 0 radical (unpaired) electrons. The first kappa shape index (κ1) is 15.3. The lowest BCUT2D eigenvalue weighted by molar-refractivity contribution is 0.378. The van der Waals surface area contributed by atoms with E-state index < -0.39 is 0 Å². The number of aryl methyl sites for hydroxylation is 1. The minimum Gasteiger partial charge on any atom is -0.496 e. The Bertz CT molecular complexity index is 560. The Kier molecular flexibility index (Phi) is 5.17. The number of nitrogens with two attached hydrogens (primary N) is 1. The third kappa shape index (κ3) is 3.52. The summed E-state index contributed by atoms with van der Waals surface area (Å²) >= 11 is 0. The van der Waals surface area contributed by atoms with Crippen LogP contribution >= 0.6 is 0 Å². The highest BCUT2D eigenvalue weighted by Crippen LogP contribution is 2.34. The highest BCUT2D eigenvalue weighted by Gasteiger charge is 2.18. The SMILES string of the molecule is CCc1ccc(CC(N)c2c(OC)cccc2OC)nc1. The van der Waals surface area contributed by atoms with E-state index in [1.807, 2.05) is 30.5 Å². The lowest BCUT2D eigenvalue weighted by Crippen LogP contribution is -2.16. The molecule has 1 unspecified atom stereocenters. The number of pyridine rings is 1. The van der Waals surface area contributed by atoms with Gasteiger partial charge in [0.2, 0.25) is 0 Å². The van der Waals surface area contributed by atoms with Crippen molar-refractivity contribution in [3.05, 3.63) is 53.3 Å². The molecule has 1 heterocycles. The first-order valence-corrected chi connectivity index (χ1v) is 7.09. The molecule has 4 nitrogen and oxygen atoms in total. The van der Waals surface area contributed by atoms with Crippen LogP contribution in [-0.2, 0) is 12.8 Å². The zero-order valence-electron chi connectivity index (χ0n) is 12.8. The zero-order valence-corrected chi connectivity index (χ0v) is 12.8. The predicted octanol–water partition coefficient (Wildman–Crippen LogP) is 2.90. The number of hydrogen-bond acceptors (Lipinski definition) is 4. The van der Waals surface area contributed by atoms with Gasteiger partial charge in [-0.15, -0.1) is 0 Å². The van der Waals surface area contributed by atoms with Gasteiger partial charge in [0.15, 0.2) is 0 Å². The summed E-state index contributed by atoms with van der Waals surface area (Å²) in [5, 5.41) is 0. The molecule has 112 valence electrons. The number of aromatic nitrogens is 1. The van der Waals surface area contributed by atoms with Gasteiger partial charge in [-0.05, 0) is 30.2 Å². The fourth-order valence-electron chi connectivity index (χ4n) is 2.36. The van der Waals surface area contributed by atoms with Gasteiger partial charge < -0.3 is 15.2 Å². The van der Waals surface area contributed by atoms with Crippen molar-refractivity contribution in [3.63, 3.8) is 0 Å². The van der Waals surface area contributed by atoms with Gasteiger partial charge in [-0.25, -0.2) is 0 Å². The second kappa shape index (κ2) is 7.09. The van der Waals surface area contributed by atoms with E-state index in [0.29, 0.717) is 6.42 Å². The van der Waals surface area contributed by atoms with Crippen LogP contribution in [0.4, 0.5) is 0 Å². The van der Waals surface area contributed by atoms with Crippen molar-refractivity contribution in [2.24, 2.45) is 5.73 Å². The topological polar surface area (TPSA) is 57.4 Å². The summed E-state index contributed by atoms with van der Waals surface area (Å²) in [7, 11) is 3.28. The van der Waals surface area contributed by atoms with Crippen molar-refractivity contribution in [1.29, 1.82) is 0 Å².